The molecule has 0 amide bonds. The van der Waals surface area contributed by atoms with Crippen molar-refractivity contribution >= 4 is 68.0 Å². The second-order valence-corrected chi connectivity index (χ2v) is 6.74. The molecule has 6 heteroatoms. The van der Waals surface area contributed by atoms with Crippen LogP contribution >= 0.6 is 62.3 Å². The molecule has 0 saturated carbocycles. The quantitative estimate of drug-likeness (QED) is 0.523. The Bertz CT molecular complexity index is 645. The van der Waals surface area contributed by atoms with Gasteiger partial charge in [-0.1, -0.05) is 68.4 Å². The lowest BCUT2D eigenvalue weighted by atomic mass is 10.1. The van der Waals surface area contributed by atoms with Crippen molar-refractivity contribution < 1.29 is 0 Å². The highest BCUT2D eigenvalue weighted by Crippen LogP contribution is 2.37. The van der Waals surface area contributed by atoms with E-state index in [0.717, 1.165) is 15.7 Å². The molecular weight excluding hydrogens is 404 g/mol. The third kappa shape index (κ3) is 3.55. The minimum atomic E-state index is -0.0593. The van der Waals surface area contributed by atoms with E-state index in [4.69, 9.17) is 46.4 Å². The first kappa shape index (κ1) is 16.3. The highest BCUT2D eigenvalue weighted by Gasteiger charge is 2.15. The minimum Gasteiger partial charge on any atom is -0.377 e. The van der Waals surface area contributed by atoms with Gasteiger partial charge in [-0.15, -0.1) is 0 Å². The zero-order valence-electron chi connectivity index (χ0n) is 10.4. The Morgan fingerprint density at radius 2 is 1.65 bits per heavy atom. The lowest BCUT2D eigenvalue weighted by Gasteiger charge is -2.19. The summed E-state index contributed by atoms with van der Waals surface area (Å²) in [6.45, 7) is 1.98. The highest BCUT2D eigenvalue weighted by atomic mass is 79.9. The van der Waals surface area contributed by atoms with Gasteiger partial charge in [-0.2, -0.15) is 0 Å². The van der Waals surface area contributed by atoms with Crippen LogP contribution in [0.5, 0.6) is 0 Å². The standard InChI is InChI=1S/C14H10BrCl4N/c1-7(9-3-4-10(16)14(19)13(9)18)20-12-5-2-8(15)6-11(12)17/h2-7,20H,1H3. The Hall–Kier alpha value is -0.120. The summed E-state index contributed by atoms with van der Waals surface area (Å²) in [6.07, 6.45) is 0. The van der Waals surface area contributed by atoms with Crippen molar-refractivity contribution in [1.29, 1.82) is 0 Å². The summed E-state index contributed by atoms with van der Waals surface area (Å²) >= 11 is 27.8. The molecule has 2 rings (SSSR count). The van der Waals surface area contributed by atoms with E-state index in [0.29, 0.717) is 20.1 Å². The van der Waals surface area contributed by atoms with E-state index in [-0.39, 0.29) is 6.04 Å². The maximum Gasteiger partial charge on any atom is 0.0782 e. The van der Waals surface area contributed by atoms with Gasteiger partial charge in [0.1, 0.15) is 0 Å². The van der Waals surface area contributed by atoms with Gasteiger partial charge < -0.3 is 5.32 Å². The van der Waals surface area contributed by atoms with Gasteiger partial charge in [0.2, 0.25) is 0 Å². The zero-order valence-corrected chi connectivity index (χ0v) is 15.0. The van der Waals surface area contributed by atoms with Gasteiger partial charge in [-0.25, -0.2) is 0 Å². The van der Waals surface area contributed by atoms with Gasteiger partial charge >= 0.3 is 0 Å². The van der Waals surface area contributed by atoms with Gasteiger partial charge in [-0.3, -0.25) is 0 Å². The van der Waals surface area contributed by atoms with Crippen LogP contribution in [0.4, 0.5) is 5.69 Å². The fourth-order valence-electron chi connectivity index (χ4n) is 1.79. The topological polar surface area (TPSA) is 12.0 Å². The van der Waals surface area contributed by atoms with Crippen molar-refractivity contribution in [3.8, 4) is 0 Å². The van der Waals surface area contributed by atoms with Gasteiger partial charge in [-0.05, 0) is 36.8 Å². The Morgan fingerprint density at radius 1 is 0.950 bits per heavy atom. The van der Waals surface area contributed by atoms with E-state index < -0.39 is 0 Å². The van der Waals surface area contributed by atoms with E-state index in [1.54, 1.807) is 6.07 Å². The fraction of sp³-hybridized carbons (Fsp3) is 0.143. The van der Waals surface area contributed by atoms with Crippen molar-refractivity contribution in [3.63, 3.8) is 0 Å². The van der Waals surface area contributed by atoms with Crippen LogP contribution in [-0.4, -0.2) is 0 Å². The van der Waals surface area contributed by atoms with E-state index >= 15 is 0 Å². The molecule has 106 valence electrons. The molecule has 1 nitrogen and oxygen atoms in total. The van der Waals surface area contributed by atoms with Crippen molar-refractivity contribution in [2.24, 2.45) is 0 Å². The SMILES string of the molecule is CC(Nc1ccc(Br)cc1Cl)c1ccc(Cl)c(Cl)c1Cl. The first-order valence-electron chi connectivity index (χ1n) is 5.75. The molecule has 2 aromatic carbocycles. The molecule has 2 aromatic rings. The molecule has 0 aliphatic heterocycles. The van der Waals surface area contributed by atoms with Crippen molar-refractivity contribution in [3.05, 3.63) is 60.5 Å². The summed E-state index contributed by atoms with van der Waals surface area (Å²) in [7, 11) is 0. The summed E-state index contributed by atoms with van der Waals surface area (Å²) in [5.41, 5.74) is 1.68. The molecule has 0 aliphatic carbocycles. The van der Waals surface area contributed by atoms with Gasteiger partial charge in [0.05, 0.1) is 31.8 Å². The second kappa shape index (κ2) is 6.76. The first-order valence-corrected chi connectivity index (χ1v) is 8.05. The molecule has 20 heavy (non-hydrogen) atoms. The number of benzene rings is 2. The Balaban J connectivity index is 2.28. The van der Waals surface area contributed by atoms with Crippen LogP contribution in [0, 0.1) is 0 Å². The maximum absolute atomic E-state index is 6.23. The second-order valence-electron chi connectivity index (χ2n) is 4.25. The normalized spacial score (nSPS) is 12.3. The molecule has 0 aromatic heterocycles. The Labute approximate surface area is 146 Å². The van der Waals surface area contributed by atoms with E-state index in [2.05, 4.69) is 21.2 Å². The summed E-state index contributed by atoms with van der Waals surface area (Å²) in [5.74, 6) is 0. The number of halogens is 5. The predicted molar refractivity (Wildman–Crippen MR) is 92.7 cm³/mol. The molecule has 0 fully saturated rings. The van der Waals surface area contributed by atoms with Crippen LogP contribution < -0.4 is 5.32 Å². The summed E-state index contributed by atoms with van der Waals surface area (Å²) in [4.78, 5) is 0. The summed E-state index contributed by atoms with van der Waals surface area (Å²) in [5, 5.41) is 5.18. The summed E-state index contributed by atoms with van der Waals surface area (Å²) in [6, 6.07) is 9.16. The van der Waals surface area contributed by atoms with Gasteiger partial charge in [0, 0.05) is 4.47 Å². The third-order valence-corrected chi connectivity index (χ3v) is 4.95. The molecule has 1 unspecified atom stereocenters. The average Bonchev–Trinajstić information content (AvgIpc) is 2.39. The molecule has 0 heterocycles. The molecule has 1 N–H and O–H groups in total. The van der Waals surface area contributed by atoms with E-state index in [1.165, 1.54) is 0 Å². The predicted octanol–water partition coefficient (Wildman–Crippen LogP) is 7.24. The molecule has 0 radical (unpaired) electrons. The molecule has 1 atom stereocenters. The zero-order chi connectivity index (χ0) is 14.9. The monoisotopic (exact) mass is 411 g/mol. The van der Waals surface area contributed by atoms with Crippen molar-refractivity contribution in [2.45, 2.75) is 13.0 Å². The minimum absolute atomic E-state index is 0.0593. The van der Waals surface area contributed by atoms with Crippen LogP contribution in [0.1, 0.15) is 18.5 Å². The number of nitrogens with one attached hydrogen (secondary N) is 1. The van der Waals surface area contributed by atoms with Crippen LogP contribution in [-0.2, 0) is 0 Å². The first-order chi connectivity index (χ1) is 9.40. The Morgan fingerprint density at radius 3 is 2.30 bits per heavy atom. The lowest BCUT2D eigenvalue weighted by Crippen LogP contribution is -2.07. The molecule has 0 spiro atoms. The van der Waals surface area contributed by atoms with Crippen molar-refractivity contribution in [2.75, 3.05) is 5.32 Å². The van der Waals surface area contributed by atoms with E-state index in [9.17, 15) is 0 Å². The van der Waals surface area contributed by atoms with Crippen molar-refractivity contribution in [1.82, 2.24) is 0 Å². The van der Waals surface area contributed by atoms with Gasteiger partial charge in [0.25, 0.3) is 0 Å². The largest absolute Gasteiger partial charge is 0.377 e. The molecule has 0 bridgehead atoms. The lowest BCUT2D eigenvalue weighted by molar-refractivity contribution is 0.885. The van der Waals surface area contributed by atoms with Crippen LogP contribution in [0.2, 0.25) is 20.1 Å². The Kier molecular flexibility index (Phi) is 5.49. The van der Waals surface area contributed by atoms with Crippen LogP contribution in [0.15, 0.2) is 34.8 Å². The molecular formula is C14H10BrCl4N. The summed E-state index contributed by atoms with van der Waals surface area (Å²) < 4.78 is 0.924. The fourth-order valence-corrected chi connectivity index (χ4v) is 3.23. The number of hydrogen-bond donors (Lipinski definition) is 1. The maximum atomic E-state index is 6.23. The smallest absolute Gasteiger partial charge is 0.0782 e. The number of rotatable bonds is 3. The average molecular weight is 414 g/mol. The number of hydrogen-bond acceptors (Lipinski definition) is 1. The van der Waals surface area contributed by atoms with Crippen LogP contribution in [0.25, 0.3) is 0 Å². The van der Waals surface area contributed by atoms with Gasteiger partial charge in [0.15, 0.2) is 0 Å². The molecule has 0 aliphatic rings. The van der Waals surface area contributed by atoms with Crippen LogP contribution in [0.3, 0.4) is 0 Å². The third-order valence-electron chi connectivity index (χ3n) is 2.83. The highest BCUT2D eigenvalue weighted by molar-refractivity contribution is 9.10. The number of anilines is 1. The molecule has 0 saturated heterocycles. The van der Waals surface area contributed by atoms with E-state index in [1.807, 2.05) is 31.2 Å².